The van der Waals surface area contributed by atoms with Crippen LogP contribution in [0.4, 0.5) is 4.79 Å². The second kappa shape index (κ2) is 4.43. The molecule has 0 radical (unpaired) electrons. The average molecular weight is 221 g/mol. The molecule has 1 aromatic rings. The van der Waals surface area contributed by atoms with E-state index in [-0.39, 0.29) is 6.09 Å². The third-order valence-corrected chi connectivity index (χ3v) is 2.66. The maximum absolute atomic E-state index is 11.2. The molecule has 2 rings (SSSR count). The number of fused-ring (bicyclic) bond motifs is 1. The van der Waals surface area contributed by atoms with Gasteiger partial charge in [0.15, 0.2) is 0 Å². The molecular weight excluding hydrogens is 206 g/mol. The van der Waals surface area contributed by atoms with Gasteiger partial charge >= 0.3 is 6.09 Å². The zero-order chi connectivity index (χ0) is 11.5. The van der Waals surface area contributed by atoms with Crippen molar-refractivity contribution in [2.24, 2.45) is 0 Å². The quantitative estimate of drug-likeness (QED) is 0.764. The summed E-state index contributed by atoms with van der Waals surface area (Å²) in [6.07, 6.45) is 0.627. The van der Waals surface area contributed by atoms with E-state index in [2.05, 4.69) is 10.8 Å². The van der Waals surface area contributed by atoms with Crippen LogP contribution in [-0.4, -0.2) is 31.8 Å². The molecule has 1 aliphatic rings. The molecule has 1 aromatic carbocycles. The number of carbonyl (C=O) groups is 1. The van der Waals surface area contributed by atoms with E-state index >= 15 is 0 Å². The van der Waals surface area contributed by atoms with Gasteiger partial charge in [0.1, 0.15) is 5.75 Å². The predicted molar refractivity (Wildman–Crippen MR) is 59.5 cm³/mol. The lowest BCUT2D eigenvalue weighted by Gasteiger charge is -2.15. The third kappa shape index (κ3) is 2.10. The monoisotopic (exact) mass is 221 g/mol. The van der Waals surface area contributed by atoms with Crippen molar-refractivity contribution >= 4 is 6.09 Å². The molecular formula is C12H15NO3. The number of rotatable bonds is 2. The molecule has 86 valence electrons. The zero-order valence-electron chi connectivity index (χ0n) is 9.53. The fourth-order valence-corrected chi connectivity index (χ4v) is 1.83. The summed E-state index contributed by atoms with van der Waals surface area (Å²) in [7, 11) is 3.10. The number of hydrogen-bond donors (Lipinski definition) is 0. The average Bonchev–Trinajstić information content (AvgIpc) is 2.75. The van der Waals surface area contributed by atoms with Gasteiger partial charge in [-0.2, -0.15) is 0 Å². The van der Waals surface area contributed by atoms with Crippen LogP contribution < -0.4 is 4.74 Å². The molecule has 0 saturated carbocycles. The van der Waals surface area contributed by atoms with Crippen molar-refractivity contribution in [3.63, 3.8) is 0 Å². The zero-order valence-corrected chi connectivity index (χ0v) is 9.53. The third-order valence-electron chi connectivity index (χ3n) is 2.66. The largest absolute Gasteiger partial charge is 0.493 e. The molecule has 0 fully saturated rings. The van der Waals surface area contributed by atoms with Crippen LogP contribution in [0.5, 0.6) is 5.75 Å². The van der Waals surface area contributed by atoms with Crippen LogP contribution in [0.1, 0.15) is 11.1 Å². The molecule has 1 heterocycles. The number of carbonyl (C=O) groups excluding carboxylic acids is 1. The summed E-state index contributed by atoms with van der Waals surface area (Å²) >= 11 is 0. The molecule has 0 aromatic heterocycles. The Morgan fingerprint density at radius 2 is 2.38 bits per heavy atom. The van der Waals surface area contributed by atoms with Crippen LogP contribution in [0, 0.1) is 0 Å². The number of hydrogen-bond acceptors (Lipinski definition) is 3. The van der Waals surface area contributed by atoms with Gasteiger partial charge in [-0.25, -0.2) is 4.79 Å². The topological polar surface area (TPSA) is 38.8 Å². The van der Waals surface area contributed by atoms with Crippen molar-refractivity contribution in [2.75, 3.05) is 20.8 Å². The van der Waals surface area contributed by atoms with Gasteiger partial charge in [0.25, 0.3) is 0 Å². The second-order valence-corrected chi connectivity index (χ2v) is 3.87. The molecule has 0 spiro atoms. The summed E-state index contributed by atoms with van der Waals surface area (Å²) in [5.74, 6) is 0.962. The minimum atomic E-state index is -0.322. The summed E-state index contributed by atoms with van der Waals surface area (Å²) in [4.78, 5) is 12.8. The van der Waals surface area contributed by atoms with E-state index in [1.54, 1.807) is 7.05 Å². The molecule has 0 N–H and O–H groups in total. The minimum Gasteiger partial charge on any atom is -0.493 e. The standard InChI is InChI=1S/C12H15NO3/c1-13(12(14)15-2)8-9-3-4-11-10(7-9)5-6-16-11/h3-4,7H,5-6,8H2,1-2H3. The molecule has 1 amide bonds. The second-order valence-electron chi connectivity index (χ2n) is 3.87. The number of ether oxygens (including phenoxy) is 2. The minimum absolute atomic E-state index is 0.322. The Hall–Kier alpha value is -1.71. The molecule has 16 heavy (non-hydrogen) atoms. The Morgan fingerprint density at radius 3 is 3.12 bits per heavy atom. The summed E-state index contributed by atoms with van der Waals surface area (Å²) in [5, 5.41) is 0. The van der Waals surface area contributed by atoms with Gasteiger partial charge in [-0.1, -0.05) is 12.1 Å². The Bertz CT molecular complexity index is 403. The van der Waals surface area contributed by atoms with Crippen LogP contribution in [0.15, 0.2) is 18.2 Å². The summed E-state index contributed by atoms with van der Waals surface area (Å²) in [6.45, 7) is 1.31. The van der Waals surface area contributed by atoms with Gasteiger partial charge < -0.3 is 14.4 Å². The maximum atomic E-state index is 11.2. The van der Waals surface area contributed by atoms with Crippen LogP contribution >= 0.6 is 0 Å². The van der Waals surface area contributed by atoms with E-state index in [4.69, 9.17) is 4.74 Å². The molecule has 0 saturated heterocycles. The first-order valence-electron chi connectivity index (χ1n) is 5.24. The van der Waals surface area contributed by atoms with E-state index in [0.717, 1.165) is 24.3 Å². The fraction of sp³-hybridized carbons (Fsp3) is 0.417. The van der Waals surface area contributed by atoms with Crippen molar-refractivity contribution in [1.82, 2.24) is 4.90 Å². The summed E-state index contributed by atoms with van der Waals surface area (Å²) in [5.41, 5.74) is 2.31. The summed E-state index contributed by atoms with van der Waals surface area (Å²) in [6, 6.07) is 6.02. The Kier molecular flexibility index (Phi) is 2.99. The van der Waals surface area contributed by atoms with Crippen molar-refractivity contribution < 1.29 is 14.3 Å². The van der Waals surface area contributed by atoms with E-state index < -0.39 is 0 Å². The lowest BCUT2D eigenvalue weighted by atomic mass is 10.1. The fourth-order valence-electron chi connectivity index (χ4n) is 1.83. The first-order valence-corrected chi connectivity index (χ1v) is 5.24. The number of benzene rings is 1. The van der Waals surface area contributed by atoms with E-state index in [9.17, 15) is 4.79 Å². The molecule has 4 heteroatoms. The van der Waals surface area contributed by atoms with Crippen LogP contribution in [0.25, 0.3) is 0 Å². The van der Waals surface area contributed by atoms with Gasteiger partial charge in [0.05, 0.1) is 13.7 Å². The van der Waals surface area contributed by atoms with E-state index in [0.29, 0.717) is 6.54 Å². The Balaban J connectivity index is 2.08. The predicted octanol–water partition coefficient (Wildman–Crippen LogP) is 1.82. The molecule has 0 atom stereocenters. The normalized spacial score (nSPS) is 12.9. The highest BCUT2D eigenvalue weighted by Crippen LogP contribution is 2.26. The van der Waals surface area contributed by atoms with Gasteiger partial charge in [-0.15, -0.1) is 0 Å². The van der Waals surface area contributed by atoms with Gasteiger partial charge in [-0.3, -0.25) is 0 Å². The van der Waals surface area contributed by atoms with Gasteiger partial charge in [-0.05, 0) is 17.2 Å². The highest BCUT2D eigenvalue weighted by molar-refractivity contribution is 5.67. The van der Waals surface area contributed by atoms with Crippen molar-refractivity contribution in [1.29, 1.82) is 0 Å². The highest BCUT2D eigenvalue weighted by atomic mass is 16.5. The van der Waals surface area contributed by atoms with Crippen LogP contribution in [-0.2, 0) is 17.7 Å². The van der Waals surface area contributed by atoms with Gasteiger partial charge in [0.2, 0.25) is 0 Å². The smallest absolute Gasteiger partial charge is 0.409 e. The number of nitrogens with zero attached hydrogens (tertiary/aromatic N) is 1. The Morgan fingerprint density at radius 1 is 1.56 bits per heavy atom. The van der Waals surface area contributed by atoms with Crippen LogP contribution in [0.2, 0.25) is 0 Å². The van der Waals surface area contributed by atoms with E-state index in [1.807, 2.05) is 12.1 Å². The van der Waals surface area contributed by atoms with Crippen molar-refractivity contribution in [2.45, 2.75) is 13.0 Å². The first kappa shape index (κ1) is 10.8. The Labute approximate surface area is 94.8 Å². The highest BCUT2D eigenvalue weighted by Gasteiger charge is 2.14. The molecule has 4 nitrogen and oxygen atoms in total. The molecule has 0 unspecified atom stereocenters. The number of amides is 1. The van der Waals surface area contributed by atoms with Crippen molar-refractivity contribution in [3.8, 4) is 5.75 Å². The van der Waals surface area contributed by atoms with E-state index in [1.165, 1.54) is 17.6 Å². The molecule has 0 bridgehead atoms. The summed E-state index contributed by atoms with van der Waals surface area (Å²) < 4.78 is 10.1. The first-order chi connectivity index (χ1) is 7.70. The number of methoxy groups -OCH3 is 1. The lowest BCUT2D eigenvalue weighted by molar-refractivity contribution is 0.131. The molecule has 1 aliphatic heterocycles. The van der Waals surface area contributed by atoms with Crippen LogP contribution in [0.3, 0.4) is 0 Å². The lowest BCUT2D eigenvalue weighted by Crippen LogP contribution is -2.25. The SMILES string of the molecule is COC(=O)N(C)Cc1ccc2c(c1)CCO2. The van der Waals surface area contributed by atoms with Crippen molar-refractivity contribution in [3.05, 3.63) is 29.3 Å². The maximum Gasteiger partial charge on any atom is 0.409 e. The molecule has 0 aliphatic carbocycles. The van der Waals surface area contributed by atoms with Gasteiger partial charge in [0, 0.05) is 20.0 Å².